The molecule has 3 nitrogen and oxygen atoms in total. The zero-order valence-corrected chi connectivity index (χ0v) is 13.6. The fourth-order valence-corrected chi connectivity index (χ4v) is 4.23. The van der Waals surface area contributed by atoms with Crippen molar-refractivity contribution >= 4 is 31.5 Å². The molecule has 2 rings (SSSR count). The zero-order valence-electron chi connectivity index (χ0n) is 11.2. The molecule has 0 amide bonds. The first kappa shape index (κ1) is 14.9. The van der Waals surface area contributed by atoms with Crippen molar-refractivity contribution in [3.05, 3.63) is 24.3 Å². The summed E-state index contributed by atoms with van der Waals surface area (Å²) in [7, 11) is -3.18. The second-order valence-electron chi connectivity index (χ2n) is 5.09. The summed E-state index contributed by atoms with van der Waals surface area (Å²) >= 11 is 3.57. The molecule has 1 aromatic carbocycles. The van der Waals surface area contributed by atoms with Gasteiger partial charge >= 0.3 is 0 Å². The standard InChI is InChI=1S/C14H20BrNO2S/c1-19(17,18)14-9-5-4-8-13(14)16-10-6-2-3-7-12(16)11-15/h4-5,8-9,12H,2-3,6-7,10-11H2,1H3. The molecule has 0 spiro atoms. The first-order valence-electron chi connectivity index (χ1n) is 6.65. The Morgan fingerprint density at radius 3 is 2.68 bits per heavy atom. The van der Waals surface area contributed by atoms with Crippen molar-refractivity contribution in [2.75, 3.05) is 23.0 Å². The Balaban J connectivity index is 2.44. The van der Waals surface area contributed by atoms with Crippen LogP contribution in [0.2, 0.25) is 0 Å². The molecule has 1 aliphatic heterocycles. The Hall–Kier alpha value is -0.550. The van der Waals surface area contributed by atoms with E-state index in [-0.39, 0.29) is 0 Å². The maximum absolute atomic E-state index is 11.9. The number of benzene rings is 1. The van der Waals surface area contributed by atoms with Gasteiger partial charge in [0, 0.05) is 24.2 Å². The van der Waals surface area contributed by atoms with Gasteiger partial charge in [-0.05, 0) is 25.0 Å². The van der Waals surface area contributed by atoms with Crippen molar-refractivity contribution in [2.45, 2.75) is 36.6 Å². The average Bonchev–Trinajstić information content (AvgIpc) is 2.62. The summed E-state index contributed by atoms with van der Waals surface area (Å²) in [5.74, 6) is 0. The molecule has 0 aromatic heterocycles. The Morgan fingerprint density at radius 1 is 1.26 bits per heavy atom. The average molecular weight is 346 g/mol. The molecule has 5 heteroatoms. The van der Waals surface area contributed by atoms with E-state index in [1.807, 2.05) is 12.1 Å². The van der Waals surface area contributed by atoms with E-state index in [4.69, 9.17) is 0 Å². The minimum Gasteiger partial charge on any atom is -0.367 e. The quantitative estimate of drug-likeness (QED) is 0.789. The van der Waals surface area contributed by atoms with E-state index in [1.165, 1.54) is 19.1 Å². The summed E-state index contributed by atoms with van der Waals surface area (Å²) in [6.45, 7) is 0.933. The molecule has 0 saturated carbocycles. The first-order valence-corrected chi connectivity index (χ1v) is 9.67. The Labute approximate surface area is 124 Å². The molecule has 0 radical (unpaired) electrons. The molecule has 1 fully saturated rings. The van der Waals surface area contributed by atoms with Crippen LogP contribution in [-0.2, 0) is 9.84 Å². The number of sulfone groups is 1. The minimum atomic E-state index is -3.18. The lowest BCUT2D eigenvalue weighted by Gasteiger charge is -2.32. The van der Waals surface area contributed by atoms with Crippen molar-refractivity contribution in [2.24, 2.45) is 0 Å². The number of rotatable bonds is 3. The second kappa shape index (κ2) is 6.27. The van der Waals surface area contributed by atoms with E-state index in [0.717, 1.165) is 30.4 Å². The fourth-order valence-electron chi connectivity index (χ4n) is 2.66. The van der Waals surface area contributed by atoms with Crippen LogP contribution < -0.4 is 4.90 Å². The number of hydrogen-bond acceptors (Lipinski definition) is 3. The van der Waals surface area contributed by atoms with E-state index in [9.17, 15) is 8.42 Å². The Kier molecular flexibility index (Phi) is 4.90. The predicted octanol–water partition coefficient (Wildman–Crippen LogP) is 3.23. The normalized spacial score (nSPS) is 21.2. The summed E-state index contributed by atoms with van der Waals surface area (Å²) in [6.07, 6.45) is 5.96. The lowest BCUT2D eigenvalue weighted by Crippen LogP contribution is -2.37. The fraction of sp³-hybridized carbons (Fsp3) is 0.571. The van der Waals surface area contributed by atoms with Crippen molar-refractivity contribution in [1.82, 2.24) is 0 Å². The molecule has 19 heavy (non-hydrogen) atoms. The van der Waals surface area contributed by atoms with Crippen LogP contribution >= 0.6 is 15.9 Å². The van der Waals surface area contributed by atoms with E-state index >= 15 is 0 Å². The van der Waals surface area contributed by atoms with Gasteiger partial charge in [0.25, 0.3) is 0 Å². The van der Waals surface area contributed by atoms with Crippen LogP contribution in [0.3, 0.4) is 0 Å². The molecule has 1 aliphatic rings. The monoisotopic (exact) mass is 345 g/mol. The highest BCUT2D eigenvalue weighted by Crippen LogP contribution is 2.30. The highest BCUT2D eigenvalue weighted by atomic mass is 79.9. The molecule has 106 valence electrons. The third kappa shape index (κ3) is 3.51. The first-order chi connectivity index (χ1) is 9.04. The highest BCUT2D eigenvalue weighted by Gasteiger charge is 2.24. The van der Waals surface area contributed by atoms with E-state index in [0.29, 0.717) is 10.9 Å². The third-order valence-corrected chi connectivity index (χ3v) is 5.52. The lowest BCUT2D eigenvalue weighted by atomic mass is 10.1. The summed E-state index contributed by atoms with van der Waals surface area (Å²) in [6, 6.07) is 7.73. The molecular weight excluding hydrogens is 326 g/mol. The van der Waals surface area contributed by atoms with Crippen molar-refractivity contribution in [3.63, 3.8) is 0 Å². The van der Waals surface area contributed by atoms with Gasteiger partial charge in [0.2, 0.25) is 0 Å². The van der Waals surface area contributed by atoms with Gasteiger partial charge in [-0.1, -0.05) is 40.9 Å². The van der Waals surface area contributed by atoms with Crippen molar-refractivity contribution in [1.29, 1.82) is 0 Å². The molecule has 1 saturated heterocycles. The second-order valence-corrected chi connectivity index (χ2v) is 7.72. The van der Waals surface area contributed by atoms with Gasteiger partial charge in [-0.3, -0.25) is 0 Å². The summed E-state index contributed by atoms with van der Waals surface area (Å²) < 4.78 is 23.9. The molecule has 1 heterocycles. The van der Waals surface area contributed by atoms with Gasteiger partial charge in [0.05, 0.1) is 10.6 Å². The predicted molar refractivity (Wildman–Crippen MR) is 82.9 cm³/mol. The highest BCUT2D eigenvalue weighted by molar-refractivity contribution is 9.09. The van der Waals surface area contributed by atoms with E-state index in [2.05, 4.69) is 20.8 Å². The van der Waals surface area contributed by atoms with E-state index in [1.54, 1.807) is 12.1 Å². The molecule has 0 N–H and O–H groups in total. The lowest BCUT2D eigenvalue weighted by molar-refractivity contribution is 0.597. The van der Waals surface area contributed by atoms with Crippen LogP contribution in [0.1, 0.15) is 25.7 Å². The maximum atomic E-state index is 11.9. The third-order valence-electron chi connectivity index (χ3n) is 3.63. The summed E-state index contributed by atoms with van der Waals surface area (Å²) in [5, 5.41) is 0.880. The smallest absolute Gasteiger partial charge is 0.177 e. The van der Waals surface area contributed by atoms with Crippen LogP contribution in [0.25, 0.3) is 0 Å². The van der Waals surface area contributed by atoms with Gasteiger partial charge < -0.3 is 4.90 Å². The summed E-state index contributed by atoms with van der Waals surface area (Å²) in [4.78, 5) is 2.71. The van der Waals surface area contributed by atoms with Gasteiger partial charge in [0.15, 0.2) is 9.84 Å². The Bertz CT molecular complexity index is 530. The molecule has 1 aromatic rings. The van der Waals surface area contributed by atoms with Crippen LogP contribution in [0.5, 0.6) is 0 Å². The van der Waals surface area contributed by atoms with Crippen LogP contribution in [-0.4, -0.2) is 32.6 Å². The van der Waals surface area contributed by atoms with Crippen LogP contribution in [0.15, 0.2) is 29.2 Å². The molecule has 1 unspecified atom stereocenters. The maximum Gasteiger partial charge on any atom is 0.177 e. The number of anilines is 1. The van der Waals surface area contributed by atoms with Crippen LogP contribution in [0, 0.1) is 0 Å². The molecular formula is C14H20BrNO2S. The summed E-state index contributed by atoms with van der Waals surface area (Å²) in [5.41, 5.74) is 0.858. The number of hydrogen-bond donors (Lipinski definition) is 0. The largest absolute Gasteiger partial charge is 0.367 e. The topological polar surface area (TPSA) is 37.4 Å². The molecule has 0 bridgehead atoms. The van der Waals surface area contributed by atoms with Gasteiger partial charge in [-0.15, -0.1) is 0 Å². The van der Waals surface area contributed by atoms with E-state index < -0.39 is 9.84 Å². The molecule has 0 aliphatic carbocycles. The number of alkyl halides is 1. The van der Waals surface area contributed by atoms with Crippen molar-refractivity contribution in [3.8, 4) is 0 Å². The van der Waals surface area contributed by atoms with Gasteiger partial charge in [-0.2, -0.15) is 0 Å². The number of halogens is 1. The Morgan fingerprint density at radius 2 is 2.00 bits per heavy atom. The van der Waals surface area contributed by atoms with Gasteiger partial charge in [-0.25, -0.2) is 8.42 Å². The number of para-hydroxylation sites is 1. The van der Waals surface area contributed by atoms with Crippen LogP contribution in [0.4, 0.5) is 5.69 Å². The molecule has 1 atom stereocenters. The van der Waals surface area contributed by atoms with Crippen molar-refractivity contribution < 1.29 is 8.42 Å². The minimum absolute atomic E-state index is 0.380. The zero-order chi connectivity index (χ0) is 13.9. The SMILES string of the molecule is CS(=O)(=O)c1ccccc1N1CCCCCC1CBr. The number of nitrogens with zero attached hydrogens (tertiary/aromatic N) is 1. The van der Waals surface area contributed by atoms with Gasteiger partial charge in [0.1, 0.15) is 0 Å².